The number of carboxylic acids is 1. The first-order chi connectivity index (χ1) is 11.0. The maximum atomic E-state index is 12.4. The van der Waals surface area contributed by atoms with Crippen molar-refractivity contribution >= 4 is 12.1 Å². The minimum Gasteiger partial charge on any atom is -0.480 e. The molecule has 0 spiro atoms. The Bertz CT molecular complexity index is 525. The van der Waals surface area contributed by atoms with Crippen LogP contribution in [0, 0.1) is 5.82 Å². The second-order valence-electron chi connectivity index (χ2n) is 6.18. The predicted molar refractivity (Wildman–Crippen MR) is 88.1 cm³/mol. The molecule has 0 aliphatic heterocycles. The minimum atomic E-state index is -1.09. The van der Waals surface area contributed by atoms with Crippen LogP contribution < -0.4 is 5.32 Å². The van der Waals surface area contributed by atoms with Gasteiger partial charge >= 0.3 is 12.1 Å². The van der Waals surface area contributed by atoms with Crippen molar-refractivity contribution < 1.29 is 28.9 Å². The van der Waals surface area contributed by atoms with Crippen molar-refractivity contribution in [1.29, 1.82) is 0 Å². The lowest BCUT2D eigenvalue weighted by Gasteiger charge is -2.20. The van der Waals surface area contributed by atoms with E-state index in [0.717, 1.165) is 5.56 Å². The van der Waals surface area contributed by atoms with Gasteiger partial charge in [-0.1, -0.05) is 19.1 Å². The Balaban J connectivity index is 0.000000446. The van der Waals surface area contributed by atoms with E-state index in [-0.39, 0.29) is 5.82 Å². The fourth-order valence-electron chi connectivity index (χ4n) is 1.47. The zero-order valence-electron chi connectivity index (χ0n) is 14.7. The first-order valence-corrected chi connectivity index (χ1v) is 7.62. The van der Waals surface area contributed by atoms with Gasteiger partial charge in [0, 0.05) is 0 Å². The predicted octanol–water partition coefficient (Wildman–Crippen LogP) is 3.25. The number of hydrogen-bond acceptors (Lipinski definition) is 4. The number of halogens is 1. The van der Waals surface area contributed by atoms with Crippen LogP contribution in [0.1, 0.15) is 52.7 Å². The highest BCUT2D eigenvalue weighted by Crippen LogP contribution is 2.15. The van der Waals surface area contributed by atoms with Gasteiger partial charge in [0.05, 0.1) is 6.10 Å². The number of carbonyl (C=O) groups excluding carboxylic acids is 1. The Morgan fingerprint density at radius 1 is 1.25 bits per heavy atom. The van der Waals surface area contributed by atoms with Gasteiger partial charge in [-0.3, -0.25) is 4.79 Å². The summed E-state index contributed by atoms with van der Waals surface area (Å²) in [6, 6.07) is 4.98. The van der Waals surface area contributed by atoms with Crippen molar-refractivity contribution in [2.45, 2.75) is 58.8 Å². The molecule has 1 amide bonds. The van der Waals surface area contributed by atoms with Crippen molar-refractivity contribution in [1.82, 2.24) is 5.32 Å². The molecule has 0 aliphatic rings. The lowest BCUT2D eigenvalue weighted by Crippen LogP contribution is -2.41. The number of carbonyl (C=O) groups is 2. The van der Waals surface area contributed by atoms with E-state index >= 15 is 0 Å². The zero-order chi connectivity index (χ0) is 18.9. The quantitative estimate of drug-likeness (QED) is 0.780. The van der Waals surface area contributed by atoms with Crippen LogP contribution in [-0.2, 0) is 9.53 Å². The second kappa shape index (κ2) is 9.87. The number of amides is 1. The third-order valence-electron chi connectivity index (χ3n) is 2.75. The molecule has 1 aromatic carbocycles. The number of benzene rings is 1. The number of ether oxygens (including phenoxy) is 1. The largest absolute Gasteiger partial charge is 0.480 e. The number of aliphatic carboxylic acids is 1. The average Bonchev–Trinajstić information content (AvgIpc) is 2.45. The average molecular weight is 343 g/mol. The molecule has 0 fully saturated rings. The fraction of sp³-hybridized carbons (Fsp3) is 0.529. The molecule has 0 radical (unpaired) electrons. The minimum absolute atomic E-state index is 0.267. The molecule has 1 rings (SSSR count). The highest BCUT2D eigenvalue weighted by atomic mass is 19.1. The molecule has 2 atom stereocenters. The van der Waals surface area contributed by atoms with Crippen LogP contribution in [0.4, 0.5) is 9.18 Å². The summed E-state index contributed by atoms with van der Waals surface area (Å²) in [4.78, 5) is 21.3. The van der Waals surface area contributed by atoms with Gasteiger partial charge in [0.1, 0.15) is 17.5 Å². The van der Waals surface area contributed by atoms with Gasteiger partial charge in [-0.2, -0.15) is 0 Å². The SMILES string of the molecule is CC(NC(=O)OC(C)(C)C)C(=O)O.CCC(O)c1ccc(F)cc1. The topological polar surface area (TPSA) is 95.9 Å². The normalized spacial score (nSPS) is 13.1. The summed E-state index contributed by atoms with van der Waals surface area (Å²) >= 11 is 0. The lowest BCUT2D eigenvalue weighted by molar-refractivity contribution is -0.139. The van der Waals surface area contributed by atoms with E-state index in [2.05, 4.69) is 5.32 Å². The van der Waals surface area contributed by atoms with Crippen molar-refractivity contribution in [3.63, 3.8) is 0 Å². The van der Waals surface area contributed by atoms with Crippen LogP contribution in [0.25, 0.3) is 0 Å². The van der Waals surface area contributed by atoms with Crippen LogP contribution in [-0.4, -0.2) is 33.9 Å². The molecule has 0 saturated carbocycles. The van der Waals surface area contributed by atoms with E-state index in [1.807, 2.05) is 6.92 Å². The maximum Gasteiger partial charge on any atom is 0.408 e. The summed E-state index contributed by atoms with van der Waals surface area (Å²) in [5, 5.41) is 19.9. The summed E-state index contributed by atoms with van der Waals surface area (Å²) in [7, 11) is 0. The van der Waals surface area contributed by atoms with Crippen LogP contribution in [0.2, 0.25) is 0 Å². The molecule has 0 saturated heterocycles. The maximum absolute atomic E-state index is 12.4. The van der Waals surface area contributed by atoms with Crippen molar-refractivity contribution in [2.24, 2.45) is 0 Å². The molecule has 6 nitrogen and oxygen atoms in total. The van der Waals surface area contributed by atoms with Crippen molar-refractivity contribution in [3.8, 4) is 0 Å². The van der Waals surface area contributed by atoms with Crippen LogP contribution in [0.15, 0.2) is 24.3 Å². The van der Waals surface area contributed by atoms with Gasteiger partial charge in [0.15, 0.2) is 0 Å². The van der Waals surface area contributed by atoms with Crippen LogP contribution >= 0.6 is 0 Å². The standard InChI is InChI=1S/C9H11FO.C8H15NO4/c1-2-9(11)7-3-5-8(10)6-4-7;1-5(6(10)11)9-7(12)13-8(2,3)4/h3-6,9,11H,2H2,1H3;5H,1-4H3,(H,9,12)(H,10,11). The van der Waals surface area contributed by atoms with Crippen LogP contribution in [0.5, 0.6) is 0 Å². The Morgan fingerprint density at radius 3 is 2.12 bits per heavy atom. The van der Waals surface area contributed by atoms with Crippen molar-refractivity contribution in [3.05, 3.63) is 35.6 Å². The molecule has 24 heavy (non-hydrogen) atoms. The molecule has 0 heterocycles. The van der Waals surface area contributed by atoms with Gasteiger partial charge in [0.2, 0.25) is 0 Å². The molecule has 136 valence electrons. The van der Waals surface area contributed by atoms with Gasteiger partial charge in [-0.25, -0.2) is 9.18 Å². The summed E-state index contributed by atoms with van der Waals surface area (Å²) < 4.78 is 17.2. The molecular weight excluding hydrogens is 317 g/mol. The smallest absolute Gasteiger partial charge is 0.408 e. The Kier molecular flexibility index (Phi) is 8.99. The Labute approximate surface area is 141 Å². The number of rotatable bonds is 4. The molecule has 0 bridgehead atoms. The molecule has 0 aromatic heterocycles. The first kappa shape index (κ1) is 21.9. The van der Waals surface area contributed by atoms with E-state index in [9.17, 15) is 19.1 Å². The Hall–Kier alpha value is -2.15. The molecule has 0 aliphatic carbocycles. The monoisotopic (exact) mass is 343 g/mol. The summed E-state index contributed by atoms with van der Waals surface area (Å²) in [5.74, 6) is -1.36. The molecule has 3 N–H and O–H groups in total. The zero-order valence-corrected chi connectivity index (χ0v) is 14.7. The Morgan fingerprint density at radius 2 is 1.75 bits per heavy atom. The molecule has 7 heteroatoms. The number of aliphatic hydroxyl groups is 1. The lowest BCUT2D eigenvalue weighted by atomic mass is 10.1. The summed E-state index contributed by atoms with van der Waals surface area (Å²) in [5.41, 5.74) is 0.163. The second-order valence-corrected chi connectivity index (χ2v) is 6.18. The van der Waals surface area contributed by atoms with E-state index in [0.29, 0.717) is 6.42 Å². The highest BCUT2D eigenvalue weighted by Gasteiger charge is 2.20. The molecule has 1 aromatic rings. The third-order valence-corrected chi connectivity index (χ3v) is 2.75. The summed E-state index contributed by atoms with van der Waals surface area (Å²) in [6.45, 7) is 8.37. The molecular formula is C17H26FNO5. The number of nitrogens with one attached hydrogen (secondary N) is 1. The van der Waals surface area contributed by atoms with Gasteiger partial charge in [0.25, 0.3) is 0 Å². The van der Waals surface area contributed by atoms with Gasteiger partial charge in [-0.05, 0) is 51.8 Å². The number of hydrogen-bond donors (Lipinski definition) is 3. The summed E-state index contributed by atoms with van der Waals surface area (Å²) in [6.07, 6.45) is -0.524. The van der Waals surface area contributed by atoms with Crippen LogP contribution in [0.3, 0.4) is 0 Å². The van der Waals surface area contributed by atoms with Crippen molar-refractivity contribution in [2.75, 3.05) is 0 Å². The fourth-order valence-corrected chi connectivity index (χ4v) is 1.47. The first-order valence-electron chi connectivity index (χ1n) is 7.62. The van der Waals surface area contributed by atoms with E-state index < -0.39 is 29.8 Å². The number of carboxylic acid groups (broad SMARTS) is 1. The third kappa shape index (κ3) is 9.78. The number of alkyl carbamates (subject to hydrolysis) is 1. The highest BCUT2D eigenvalue weighted by molar-refractivity contribution is 5.79. The van der Waals surface area contributed by atoms with E-state index in [1.54, 1.807) is 32.9 Å². The number of aliphatic hydroxyl groups excluding tert-OH is 1. The molecule has 2 unspecified atom stereocenters. The van der Waals surface area contributed by atoms with Gasteiger partial charge < -0.3 is 20.3 Å². The van der Waals surface area contributed by atoms with Gasteiger partial charge in [-0.15, -0.1) is 0 Å². The van der Waals surface area contributed by atoms with E-state index in [4.69, 9.17) is 9.84 Å². The van der Waals surface area contributed by atoms with E-state index in [1.165, 1.54) is 19.1 Å².